The number of allylic oxidation sites excluding steroid dienone is 18. The highest BCUT2D eigenvalue weighted by molar-refractivity contribution is 5.57. The van der Waals surface area contributed by atoms with Crippen LogP contribution in [-0.4, -0.2) is 0 Å². The molecule has 0 amide bonds. The van der Waals surface area contributed by atoms with Gasteiger partial charge >= 0.3 is 0 Å². The lowest BCUT2D eigenvalue weighted by atomic mass is 9.66. The normalized spacial score (nSPS) is 29.5. The average molecular weight is 435 g/mol. The lowest BCUT2D eigenvalue weighted by Gasteiger charge is -2.39. The van der Waals surface area contributed by atoms with Crippen molar-refractivity contribution in [1.29, 1.82) is 0 Å². The molecule has 33 heavy (non-hydrogen) atoms. The predicted octanol–water partition coefficient (Wildman–Crippen LogP) is 9.07. The highest BCUT2D eigenvalue weighted by atomic mass is 14.4. The minimum atomic E-state index is 0.337. The number of hydrogen-bond donors (Lipinski definition) is 0. The van der Waals surface area contributed by atoms with Crippen LogP contribution in [-0.2, 0) is 0 Å². The van der Waals surface area contributed by atoms with Crippen LogP contribution >= 0.6 is 0 Å². The van der Waals surface area contributed by atoms with E-state index < -0.39 is 0 Å². The molecule has 1 fully saturated rings. The van der Waals surface area contributed by atoms with Gasteiger partial charge in [-0.2, -0.15) is 0 Å². The third-order valence-corrected chi connectivity index (χ3v) is 8.47. The van der Waals surface area contributed by atoms with Crippen molar-refractivity contribution in [3.05, 3.63) is 119 Å². The van der Waals surface area contributed by atoms with Gasteiger partial charge < -0.3 is 0 Å². The number of rotatable bonds is 6. The zero-order valence-corrected chi connectivity index (χ0v) is 20.4. The Morgan fingerprint density at radius 3 is 2.67 bits per heavy atom. The van der Waals surface area contributed by atoms with E-state index in [4.69, 9.17) is 0 Å². The summed E-state index contributed by atoms with van der Waals surface area (Å²) < 4.78 is 0. The molecule has 5 rings (SSSR count). The molecule has 0 N–H and O–H groups in total. The standard InChI is InChI=1S/C33H38/c1-23(29-17-24(2)32-11-6-5-9-28(32)22-29)12-13-25-18-27-15-14-26(20-30(27)19-25)21-31-10-7-8-16-33(31,3)4/h5-6,9,11,14-15,17-20,22,30-32H,1-2,7-8,10,12-13,16,21H2,3-4H3. The molecule has 5 aliphatic rings. The van der Waals surface area contributed by atoms with E-state index in [1.54, 1.807) is 5.57 Å². The predicted molar refractivity (Wildman–Crippen MR) is 143 cm³/mol. The molecule has 0 bridgehead atoms. The van der Waals surface area contributed by atoms with Gasteiger partial charge in [-0.05, 0) is 71.3 Å². The van der Waals surface area contributed by atoms with Crippen LogP contribution in [0.3, 0.4) is 0 Å². The fourth-order valence-corrected chi connectivity index (χ4v) is 6.19. The lowest BCUT2D eigenvalue weighted by molar-refractivity contribution is 0.138. The molecule has 170 valence electrons. The van der Waals surface area contributed by atoms with Crippen LogP contribution in [0.15, 0.2) is 119 Å². The molecule has 0 aromatic heterocycles. The first-order valence-electron chi connectivity index (χ1n) is 12.9. The van der Waals surface area contributed by atoms with Crippen LogP contribution in [0, 0.1) is 23.2 Å². The van der Waals surface area contributed by atoms with Gasteiger partial charge in [0.05, 0.1) is 0 Å². The Bertz CT molecular complexity index is 1100. The Morgan fingerprint density at radius 2 is 1.82 bits per heavy atom. The largest absolute Gasteiger partial charge is 0.0952 e. The number of hydrogen-bond acceptors (Lipinski definition) is 0. The summed E-state index contributed by atoms with van der Waals surface area (Å²) >= 11 is 0. The third kappa shape index (κ3) is 4.72. The van der Waals surface area contributed by atoms with E-state index in [2.05, 4.69) is 93.8 Å². The summed E-state index contributed by atoms with van der Waals surface area (Å²) in [6, 6.07) is 0. The summed E-state index contributed by atoms with van der Waals surface area (Å²) in [5, 5.41) is 0. The summed E-state index contributed by atoms with van der Waals surface area (Å²) in [5.74, 6) is 1.63. The highest BCUT2D eigenvalue weighted by Crippen LogP contribution is 2.45. The van der Waals surface area contributed by atoms with E-state index in [1.807, 2.05) is 0 Å². The Kier molecular flexibility index (Phi) is 6.04. The van der Waals surface area contributed by atoms with Crippen molar-refractivity contribution in [3.8, 4) is 0 Å². The Balaban J connectivity index is 1.20. The quantitative estimate of drug-likeness (QED) is 0.391. The van der Waals surface area contributed by atoms with Crippen LogP contribution in [0.5, 0.6) is 0 Å². The van der Waals surface area contributed by atoms with Gasteiger partial charge in [0, 0.05) is 11.8 Å². The second kappa shape index (κ2) is 8.98. The molecule has 1 saturated carbocycles. The fourth-order valence-electron chi connectivity index (χ4n) is 6.19. The molecule has 0 spiro atoms. The first-order valence-corrected chi connectivity index (χ1v) is 12.9. The van der Waals surface area contributed by atoms with Crippen LogP contribution < -0.4 is 0 Å². The molecular formula is C33H38. The molecule has 0 heterocycles. The van der Waals surface area contributed by atoms with Gasteiger partial charge in [0.2, 0.25) is 0 Å². The van der Waals surface area contributed by atoms with Crippen molar-refractivity contribution in [2.75, 3.05) is 0 Å². The summed E-state index contributed by atoms with van der Waals surface area (Å²) in [5.41, 5.74) is 9.89. The van der Waals surface area contributed by atoms with Gasteiger partial charge in [0.25, 0.3) is 0 Å². The molecule has 5 aliphatic carbocycles. The van der Waals surface area contributed by atoms with E-state index >= 15 is 0 Å². The Labute approximate surface area is 200 Å². The van der Waals surface area contributed by atoms with Crippen LogP contribution in [0.1, 0.15) is 58.8 Å². The first-order chi connectivity index (χ1) is 15.9. The van der Waals surface area contributed by atoms with Crippen LogP contribution in [0.2, 0.25) is 0 Å². The van der Waals surface area contributed by atoms with Crippen molar-refractivity contribution in [2.24, 2.45) is 23.2 Å². The zero-order chi connectivity index (χ0) is 23.0. The van der Waals surface area contributed by atoms with E-state index in [9.17, 15) is 0 Å². The van der Waals surface area contributed by atoms with E-state index in [1.165, 1.54) is 65.5 Å². The van der Waals surface area contributed by atoms with Gasteiger partial charge in [-0.1, -0.05) is 118 Å². The molecule has 0 aliphatic heterocycles. The van der Waals surface area contributed by atoms with E-state index in [-0.39, 0.29) is 0 Å². The highest BCUT2D eigenvalue weighted by Gasteiger charge is 2.32. The molecule has 3 atom stereocenters. The molecule has 0 nitrogen and oxygen atoms in total. The minimum absolute atomic E-state index is 0.337. The molecule has 0 saturated heterocycles. The van der Waals surface area contributed by atoms with Crippen molar-refractivity contribution in [3.63, 3.8) is 0 Å². The second-order valence-corrected chi connectivity index (χ2v) is 11.3. The minimum Gasteiger partial charge on any atom is -0.0952 e. The third-order valence-electron chi connectivity index (χ3n) is 8.47. The van der Waals surface area contributed by atoms with E-state index in [0.717, 1.165) is 18.8 Å². The average Bonchev–Trinajstić information content (AvgIpc) is 3.21. The second-order valence-electron chi connectivity index (χ2n) is 11.3. The zero-order valence-electron chi connectivity index (χ0n) is 20.4. The van der Waals surface area contributed by atoms with Gasteiger partial charge in [-0.3, -0.25) is 0 Å². The Hall–Kier alpha value is -2.60. The molecule has 0 heteroatoms. The maximum atomic E-state index is 4.42. The SMILES string of the molecule is C=C(CCC1=CC2C=C(CC3CCCCC3(C)C)C=CC2=C1)C1=CC(=C)C2C=CC=CC2=C1. The van der Waals surface area contributed by atoms with E-state index in [0.29, 0.717) is 17.3 Å². The number of fused-ring (bicyclic) bond motifs is 2. The fraction of sp³-hybridized carbons (Fsp3) is 0.394. The van der Waals surface area contributed by atoms with Crippen LogP contribution in [0.4, 0.5) is 0 Å². The van der Waals surface area contributed by atoms with Gasteiger partial charge in [-0.25, -0.2) is 0 Å². The van der Waals surface area contributed by atoms with Gasteiger partial charge in [-0.15, -0.1) is 0 Å². The summed E-state index contributed by atoms with van der Waals surface area (Å²) in [6.07, 6.45) is 34.2. The molecule has 0 aromatic rings. The summed E-state index contributed by atoms with van der Waals surface area (Å²) in [6.45, 7) is 13.7. The molecule has 0 radical (unpaired) electrons. The molecule has 3 unspecified atom stereocenters. The molecule has 0 aromatic carbocycles. The smallest absolute Gasteiger partial charge is 0.0267 e. The summed E-state index contributed by atoms with van der Waals surface area (Å²) in [4.78, 5) is 0. The topological polar surface area (TPSA) is 0 Å². The Morgan fingerprint density at radius 1 is 0.970 bits per heavy atom. The van der Waals surface area contributed by atoms with Crippen LogP contribution in [0.25, 0.3) is 0 Å². The van der Waals surface area contributed by atoms with Crippen molar-refractivity contribution < 1.29 is 0 Å². The van der Waals surface area contributed by atoms with Crippen molar-refractivity contribution in [2.45, 2.75) is 58.8 Å². The molecular weight excluding hydrogens is 396 g/mol. The summed E-state index contributed by atoms with van der Waals surface area (Å²) in [7, 11) is 0. The maximum Gasteiger partial charge on any atom is 0.0267 e. The maximum absolute atomic E-state index is 4.42. The monoisotopic (exact) mass is 434 g/mol. The van der Waals surface area contributed by atoms with Gasteiger partial charge in [0.1, 0.15) is 0 Å². The van der Waals surface area contributed by atoms with Crippen molar-refractivity contribution >= 4 is 0 Å². The lowest BCUT2D eigenvalue weighted by Crippen LogP contribution is -2.28. The first kappa shape index (κ1) is 22.2. The van der Waals surface area contributed by atoms with Crippen molar-refractivity contribution in [1.82, 2.24) is 0 Å². The van der Waals surface area contributed by atoms with Gasteiger partial charge in [0.15, 0.2) is 0 Å².